The highest BCUT2D eigenvalue weighted by Crippen LogP contribution is 2.35. The smallest absolute Gasteiger partial charge is 0.149 e. The number of hydrogen-bond acceptors (Lipinski definition) is 2. The van der Waals surface area contributed by atoms with Gasteiger partial charge in [0.15, 0.2) is 0 Å². The molecule has 0 aliphatic carbocycles. The third-order valence-corrected chi connectivity index (χ3v) is 3.60. The SMILES string of the molecule is CC(C)(c1cc(F)c(N)c(F)c1)c1cc(F)c(N)c(F)c1. The van der Waals surface area contributed by atoms with Crippen LogP contribution < -0.4 is 11.5 Å². The second-order valence-corrected chi connectivity index (χ2v) is 5.33. The number of rotatable bonds is 2. The van der Waals surface area contributed by atoms with Crippen LogP contribution in [0.5, 0.6) is 0 Å². The average molecular weight is 298 g/mol. The van der Waals surface area contributed by atoms with E-state index >= 15 is 0 Å². The minimum atomic E-state index is -1.04. The maximum Gasteiger partial charge on any atom is 0.149 e. The van der Waals surface area contributed by atoms with Crippen LogP contribution in [0, 0.1) is 23.3 Å². The van der Waals surface area contributed by atoms with Gasteiger partial charge in [0, 0.05) is 5.41 Å². The summed E-state index contributed by atoms with van der Waals surface area (Å²) < 4.78 is 54.3. The van der Waals surface area contributed by atoms with Crippen molar-refractivity contribution in [2.24, 2.45) is 0 Å². The molecule has 21 heavy (non-hydrogen) atoms. The molecule has 0 saturated carbocycles. The van der Waals surface area contributed by atoms with E-state index < -0.39 is 40.1 Å². The summed E-state index contributed by atoms with van der Waals surface area (Å²) in [5.74, 6) is -3.69. The largest absolute Gasteiger partial charge is 0.394 e. The Morgan fingerprint density at radius 2 is 0.905 bits per heavy atom. The molecule has 0 fully saturated rings. The molecule has 0 aliphatic heterocycles. The summed E-state index contributed by atoms with van der Waals surface area (Å²) in [6, 6.07) is 4.18. The first-order valence-electron chi connectivity index (χ1n) is 6.14. The Morgan fingerprint density at radius 1 is 0.667 bits per heavy atom. The van der Waals surface area contributed by atoms with Crippen molar-refractivity contribution in [1.82, 2.24) is 0 Å². The highest BCUT2D eigenvalue weighted by molar-refractivity contribution is 5.50. The number of nitrogen functional groups attached to an aromatic ring is 2. The first-order chi connectivity index (χ1) is 9.64. The highest BCUT2D eigenvalue weighted by Gasteiger charge is 2.27. The highest BCUT2D eigenvalue weighted by atomic mass is 19.1. The average Bonchev–Trinajstić information content (AvgIpc) is 2.40. The van der Waals surface area contributed by atoms with Crippen molar-refractivity contribution in [3.8, 4) is 0 Å². The fourth-order valence-corrected chi connectivity index (χ4v) is 2.06. The Morgan fingerprint density at radius 3 is 1.14 bits per heavy atom. The molecule has 4 N–H and O–H groups in total. The lowest BCUT2D eigenvalue weighted by molar-refractivity contribution is 0.553. The molecule has 0 spiro atoms. The van der Waals surface area contributed by atoms with E-state index in [2.05, 4.69) is 0 Å². The van der Waals surface area contributed by atoms with Crippen molar-refractivity contribution in [2.45, 2.75) is 19.3 Å². The molecule has 0 atom stereocenters. The first kappa shape index (κ1) is 15.2. The number of halogens is 4. The molecule has 2 rings (SSSR count). The molecule has 2 aromatic carbocycles. The number of anilines is 2. The lowest BCUT2D eigenvalue weighted by Gasteiger charge is -2.27. The van der Waals surface area contributed by atoms with E-state index in [0.717, 1.165) is 24.3 Å². The van der Waals surface area contributed by atoms with Gasteiger partial charge in [-0.25, -0.2) is 17.6 Å². The van der Waals surface area contributed by atoms with E-state index in [1.807, 2.05) is 0 Å². The maximum absolute atomic E-state index is 13.6. The second-order valence-electron chi connectivity index (χ2n) is 5.33. The van der Waals surface area contributed by atoms with E-state index in [9.17, 15) is 17.6 Å². The van der Waals surface area contributed by atoms with Gasteiger partial charge in [-0.15, -0.1) is 0 Å². The molecule has 6 heteroatoms. The zero-order chi connectivity index (χ0) is 15.9. The molecular weight excluding hydrogens is 284 g/mol. The summed E-state index contributed by atoms with van der Waals surface area (Å²) in [6.45, 7) is 3.17. The molecule has 0 amide bonds. The van der Waals surface area contributed by atoms with Crippen molar-refractivity contribution >= 4 is 11.4 Å². The minimum absolute atomic E-state index is 0.204. The summed E-state index contributed by atoms with van der Waals surface area (Å²) in [4.78, 5) is 0. The van der Waals surface area contributed by atoms with Crippen LogP contribution in [0.15, 0.2) is 24.3 Å². The zero-order valence-corrected chi connectivity index (χ0v) is 11.5. The van der Waals surface area contributed by atoms with Gasteiger partial charge < -0.3 is 11.5 Å². The molecule has 112 valence electrons. The van der Waals surface area contributed by atoms with E-state index in [1.165, 1.54) is 0 Å². The predicted molar refractivity (Wildman–Crippen MR) is 73.7 cm³/mol. The monoisotopic (exact) mass is 298 g/mol. The minimum Gasteiger partial charge on any atom is -0.394 e. The van der Waals surface area contributed by atoms with Gasteiger partial charge in [0.05, 0.1) is 0 Å². The Hall–Kier alpha value is -2.24. The van der Waals surface area contributed by atoms with Gasteiger partial charge in [-0.1, -0.05) is 13.8 Å². The fraction of sp³-hybridized carbons (Fsp3) is 0.200. The Balaban J connectivity index is 2.61. The normalized spacial score (nSPS) is 11.7. The van der Waals surface area contributed by atoms with E-state index in [-0.39, 0.29) is 11.1 Å². The van der Waals surface area contributed by atoms with Gasteiger partial charge in [0.25, 0.3) is 0 Å². The number of benzene rings is 2. The van der Waals surface area contributed by atoms with Gasteiger partial charge in [-0.3, -0.25) is 0 Å². The predicted octanol–water partition coefficient (Wildman–Crippen LogP) is 3.73. The molecule has 2 aromatic rings. The first-order valence-corrected chi connectivity index (χ1v) is 6.14. The van der Waals surface area contributed by atoms with Crippen molar-refractivity contribution in [3.63, 3.8) is 0 Å². The van der Waals surface area contributed by atoms with Gasteiger partial charge in [0.1, 0.15) is 34.6 Å². The number of nitrogens with two attached hydrogens (primary N) is 2. The summed E-state index contributed by atoms with van der Waals surface area (Å²) in [6.07, 6.45) is 0. The summed E-state index contributed by atoms with van der Waals surface area (Å²) >= 11 is 0. The lowest BCUT2D eigenvalue weighted by Crippen LogP contribution is -2.21. The van der Waals surface area contributed by atoms with Crippen LogP contribution in [0.1, 0.15) is 25.0 Å². The van der Waals surface area contributed by atoms with E-state index in [1.54, 1.807) is 13.8 Å². The number of hydrogen-bond donors (Lipinski definition) is 2. The van der Waals surface area contributed by atoms with Crippen LogP contribution >= 0.6 is 0 Å². The van der Waals surface area contributed by atoms with Crippen LogP contribution in [-0.2, 0) is 5.41 Å². The van der Waals surface area contributed by atoms with Crippen LogP contribution in [0.4, 0.5) is 28.9 Å². The van der Waals surface area contributed by atoms with Crippen LogP contribution in [-0.4, -0.2) is 0 Å². The van der Waals surface area contributed by atoms with Crippen molar-refractivity contribution in [1.29, 1.82) is 0 Å². The van der Waals surface area contributed by atoms with Gasteiger partial charge in [-0.05, 0) is 35.4 Å². The Kier molecular flexibility index (Phi) is 3.57. The van der Waals surface area contributed by atoms with Crippen molar-refractivity contribution in [2.75, 3.05) is 11.5 Å². The molecule has 0 heterocycles. The van der Waals surface area contributed by atoms with Crippen LogP contribution in [0.25, 0.3) is 0 Å². The maximum atomic E-state index is 13.6. The third kappa shape index (κ3) is 2.53. The van der Waals surface area contributed by atoms with Crippen LogP contribution in [0.3, 0.4) is 0 Å². The van der Waals surface area contributed by atoms with Crippen LogP contribution in [0.2, 0.25) is 0 Å². The molecule has 2 nitrogen and oxygen atoms in total. The standard InChI is InChI=1S/C15H14F4N2/c1-15(2,7-3-9(16)13(20)10(17)4-7)8-5-11(18)14(21)12(19)6-8/h3-6H,20-21H2,1-2H3. The summed E-state index contributed by atoms with van der Waals surface area (Å²) in [5, 5.41) is 0. The third-order valence-electron chi connectivity index (χ3n) is 3.60. The molecule has 0 aliphatic rings. The molecule has 0 saturated heterocycles. The molecule has 0 radical (unpaired) electrons. The van der Waals surface area contributed by atoms with Crippen molar-refractivity contribution in [3.05, 3.63) is 58.7 Å². The van der Waals surface area contributed by atoms with E-state index in [4.69, 9.17) is 11.5 Å². The summed E-state index contributed by atoms with van der Waals surface area (Å²) in [7, 11) is 0. The van der Waals surface area contributed by atoms with Gasteiger partial charge in [-0.2, -0.15) is 0 Å². The quantitative estimate of drug-likeness (QED) is 0.655. The zero-order valence-electron chi connectivity index (χ0n) is 11.5. The molecule has 0 aromatic heterocycles. The fourth-order valence-electron chi connectivity index (χ4n) is 2.06. The molecular formula is C15H14F4N2. The lowest BCUT2D eigenvalue weighted by atomic mass is 9.78. The van der Waals surface area contributed by atoms with Gasteiger partial charge >= 0.3 is 0 Å². The Labute approximate surface area is 119 Å². The molecule has 0 bridgehead atoms. The van der Waals surface area contributed by atoms with E-state index in [0.29, 0.717) is 0 Å². The Bertz CT molecular complexity index is 605. The summed E-state index contributed by atoms with van der Waals surface area (Å²) in [5.41, 5.74) is 8.61. The van der Waals surface area contributed by atoms with Crippen molar-refractivity contribution < 1.29 is 17.6 Å². The molecule has 0 unspecified atom stereocenters. The second kappa shape index (κ2) is 4.95. The van der Waals surface area contributed by atoms with Gasteiger partial charge in [0.2, 0.25) is 0 Å². The topological polar surface area (TPSA) is 52.0 Å².